The minimum absolute atomic E-state index is 0.322. The van der Waals surface area contributed by atoms with Crippen LogP contribution < -0.4 is 11.1 Å². The number of amides is 1. The average molecular weight is 296 g/mol. The Kier molecular flexibility index (Phi) is 4.06. The van der Waals surface area contributed by atoms with Gasteiger partial charge in [0.05, 0.1) is 0 Å². The van der Waals surface area contributed by atoms with Crippen molar-refractivity contribution in [3.8, 4) is 0 Å². The molecule has 110 valence electrons. The van der Waals surface area contributed by atoms with E-state index < -0.39 is 23.8 Å². The Morgan fingerprint density at radius 2 is 1.86 bits per heavy atom. The van der Waals surface area contributed by atoms with E-state index >= 15 is 0 Å². The average Bonchev–Trinajstić information content (AvgIpc) is 2.45. The molecule has 0 aliphatic heterocycles. The van der Waals surface area contributed by atoms with Gasteiger partial charge in [-0.05, 0) is 11.6 Å². The van der Waals surface area contributed by atoms with Crippen LogP contribution in [0, 0.1) is 0 Å². The third-order valence-electron chi connectivity index (χ3n) is 2.64. The van der Waals surface area contributed by atoms with Crippen LogP contribution in [0.3, 0.4) is 0 Å². The molecule has 0 aliphatic carbocycles. The van der Waals surface area contributed by atoms with E-state index in [1.165, 1.54) is 0 Å². The fourth-order valence-corrected chi connectivity index (χ4v) is 1.68. The molecule has 21 heavy (non-hydrogen) atoms. The number of halogens is 3. The van der Waals surface area contributed by atoms with Crippen molar-refractivity contribution in [2.24, 2.45) is 5.73 Å². The van der Waals surface area contributed by atoms with Crippen LogP contribution in [-0.4, -0.2) is 15.9 Å². The summed E-state index contributed by atoms with van der Waals surface area (Å²) in [5, 5.41) is 2.51. The number of nitrogens with zero attached hydrogens (tertiary/aromatic N) is 2. The lowest BCUT2D eigenvalue weighted by Gasteiger charge is -2.16. The molecule has 1 heterocycles. The van der Waals surface area contributed by atoms with E-state index in [4.69, 9.17) is 5.73 Å². The highest BCUT2D eigenvalue weighted by molar-refractivity contribution is 5.83. The predicted octanol–water partition coefficient (Wildman–Crippen LogP) is 2.13. The summed E-state index contributed by atoms with van der Waals surface area (Å²) in [6.45, 7) is 0. The summed E-state index contributed by atoms with van der Waals surface area (Å²) in [5.41, 5.74) is 4.67. The zero-order valence-corrected chi connectivity index (χ0v) is 10.6. The first kappa shape index (κ1) is 14.8. The van der Waals surface area contributed by atoms with Crippen molar-refractivity contribution in [1.82, 2.24) is 9.97 Å². The van der Waals surface area contributed by atoms with Gasteiger partial charge in [-0.25, -0.2) is 9.97 Å². The van der Waals surface area contributed by atoms with Crippen LogP contribution in [0.4, 0.5) is 19.1 Å². The van der Waals surface area contributed by atoms with E-state index in [9.17, 15) is 18.0 Å². The summed E-state index contributed by atoms with van der Waals surface area (Å²) in [4.78, 5) is 18.5. The van der Waals surface area contributed by atoms with Gasteiger partial charge in [0.15, 0.2) is 0 Å². The zero-order valence-electron chi connectivity index (χ0n) is 10.6. The molecule has 0 saturated heterocycles. The Hall–Kier alpha value is -2.64. The Labute approximate surface area is 118 Å². The number of carbonyl (C=O) groups is 1. The van der Waals surface area contributed by atoms with Gasteiger partial charge in [0.1, 0.15) is 11.7 Å². The number of benzene rings is 1. The topological polar surface area (TPSA) is 80.9 Å². The van der Waals surface area contributed by atoms with Crippen LogP contribution in [0.1, 0.15) is 17.3 Å². The van der Waals surface area contributed by atoms with Gasteiger partial charge < -0.3 is 11.1 Å². The monoisotopic (exact) mass is 296 g/mol. The second-order valence-electron chi connectivity index (χ2n) is 4.15. The van der Waals surface area contributed by atoms with Gasteiger partial charge in [0, 0.05) is 6.20 Å². The summed E-state index contributed by atoms with van der Waals surface area (Å²) >= 11 is 0. The Balaban J connectivity index is 2.28. The quantitative estimate of drug-likeness (QED) is 0.905. The first-order chi connectivity index (χ1) is 9.88. The van der Waals surface area contributed by atoms with Crippen molar-refractivity contribution in [2.45, 2.75) is 12.2 Å². The van der Waals surface area contributed by atoms with Crippen LogP contribution in [0.25, 0.3) is 0 Å². The number of nitrogens with two attached hydrogens (primary N) is 1. The molecule has 0 spiro atoms. The Bertz CT molecular complexity index is 631. The second-order valence-corrected chi connectivity index (χ2v) is 4.15. The minimum Gasteiger partial charge on any atom is -0.368 e. The van der Waals surface area contributed by atoms with Gasteiger partial charge >= 0.3 is 6.18 Å². The molecular formula is C13H11F3N4O. The van der Waals surface area contributed by atoms with E-state index in [0.717, 1.165) is 12.3 Å². The smallest absolute Gasteiger partial charge is 0.368 e. The molecule has 8 heteroatoms. The van der Waals surface area contributed by atoms with Crippen LogP contribution >= 0.6 is 0 Å². The largest absolute Gasteiger partial charge is 0.433 e. The van der Waals surface area contributed by atoms with Crippen LogP contribution in [0.2, 0.25) is 0 Å². The maximum atomic E-state index is 12.6. The molecule has 2 rings (SSSR count). The van der Waals surface area contributed by atoms with Crippen molar-refractivity contribution in [1.29, 1.82) is 0 Å². The van der Waals surface area contributed by atoms with E-state index in [0.29, 0.717) is 5.56 Å². The molecule has 0 saturated carbocycles. The molecule has 1 amide bonds. The summed E-state index contributed by atoms with van der Waals surface area (Å²) < 4.78 is 37.7. The molecule has 0 aliphatic rings. The van der Waals surface area contributed by atoms with Gasteiger partial charge in [0.25, 0.3) is 0 Å². The number of aromatic nitrogens is 2. The third-order valence-corrected chi connectivity index (χ3v) is 2.64. The number of primary amides is 1. The highest BCUT2D eigenvalue weighted by atomic mass is 19.4. The maximum absolute atomic E-state index is 12.6. The van der Waals surface area contributed by atoms with Crippen molar-refractivity contribution in [3.63, 3.8) is 0 Å². The van der Waals surface area contributed by atoms with Gasteiger partial charge in [-0.3, -0.25) is 4.79 Å². The standard InChI is InChI=1S/C13H11F3N4O/c14-13(15,16)9-6-7-18-12(19-9)20-10(11(17)21)8-4-2-1-3-5-8/h1-7,10H,(H2,17,21)(H,18,19,20)/t10-/m0/s1. The van der Waals surface area contributed by atoms with E-state index in [2.05, 4.69) is 15.3 Å². The number of anilines is 1. The molecule has 5 nitrogen and oxygen atoms in total. The molecule has 2 aromatic rings. The van der Waals surface area contributed by atoms with Gasteiger partial charge in [0.2, 0.25) is 11.9 Å². The summed E-state index contributed by atoms with van der Waals surface area (Å²) in [5.74, 6) is -1.07. The molecule has 3 N–H and O–H groups in total. The van der Waals surface area contributed by atoms with Gasteiger partial charge in [-0.1, -0.05) is 30.3 Å². The molecule has 0 fully saturated rings. The van der Waals surface area contributed by atoms with Crippen molar-refractivity contribution < 1.29 is 18.0 Å². The maximum Gasteiger partial charge on any atom is 0.433 e. The first-order valence-corrected chi connectivity index (χ1v) is 5.89. The number of rotatable bonds is 4. The highest BCUT2D eigenvalue weighted by Gasteiger charge is 2.33. The zero-order chi connectivity index (χ0) is 15.5. The van der Waals surface area contributed by atoms with Crippen LogP contribution in [0.5, 0.6) is 0 Å². The minimum atomic E-state index is -4.59. The SMILES string of the molecule is NC(=O)[C@@H](Nc1nccc(C(F)(F)F)n1)c1ccccc1. The molecule has 1 aromatic heterocycles. The normalized spacial score (nSPS) is 12.7. The lowest BCUT2D eigenvalue weighted by atomic mass is 10.1. The fourth-order valence-electron chi connectivity index (χ4n) is 1.68. The molecule has 1 atom stereocenters. The molecular weight excluding hydrogens is 285 g/mol. The molecule has 0 unspecified atom stereocenters. The third kappa shape index (κ3) is 3.68. The van der Waals surface area contributed by atoms with Crippen LogP contribution in [0.15, 0.2) is 42.6 Å². The summed E-state index contributed by atoms with van der Waals surface area (Å²) in [6.07, 6.45) is -3.63. The number of hydrogen-bond donors (Lipinski definition) is 2. The summed E-state index contributed by atoms with van der Waals surface area (Å²) in [6, 6.07) is 8.07. The number of hydrogen-bond acceptors (Lipinski definition) is 4. The van der Waals surface area contributed by atoms with Crippen molar-refractivity contribution in [3.05, 3.63) is 53.9 Å². The number of nitrogens with one attached hydrogen (secondary N) is 1. The Morgan fingerprint density at radius 3 is 2.43 bits per heavy atom. The fraction of sp³-hybridized carbons (Fsp3) is 0.154. The predicted molar refractivity (Wildman–Crippen MR) is 69.0 cm³/mol. The Morgan fingerprint density at radius 1 is 1.19 bits per heavy atom. The highest BCUT2D eigenvalue weighted by Crippen LogP contribution is 2.28. The number of alkyl halides is 3. The molecule has 0 bridgehead atoms. The van der Waals surface area contributed by atoms with E-state index in [-0.39, 0.29) is 5.95 Å². The summed E-state index contributed by atoms with van der Waals surface area (Å²) in [7, 11) is 0. The van der Waals surface area contributed by atoms with Crippen molar-refractivity contribution >= 4 is 11.9 Å². The van der Waals surface area contributed by atoms with E-state index in [1.54, 1.807) is 30.3 Å². The molecule has 0 radical (unpaired) electrons. The lowest BCUT2D eigenvalue weighted by molar-refractivity contribution is -0.141. The number of carbonyl (C=O) groups excluding carboxylic acids is 1. The van der Waals surface area contributed by atoms with Gasteiger partial charge in [-0.2, -0.15) is 13.2 Å². The molecule has 1 aromatic carbocycles. The first-order valence-electron chi connectivity index (χ1n) is 5.89. The van der Waals surface area contributed by atoms with Gasteiger partial charge in [-0.15, -0.1) is 0 Å². The lowest BCUT2D eigenvalue weighted by Crippen LogP contribution is -2.28. The van der Waals surface area contributed by atoms with E-state index in [1.807, 2.05) is 0 Å². The van der Waals surface area contributed by atoms with Crippen molar-refractivity contribution in [2.75, 3.05) is 5.32 Å². The van der Waals surface area contributed by atoms with Crippen LogP contribution in [-0.2, 0) is 11.0 Å². The second kappa shape index (κ2) is 5.78.